The number of carbonyl (C=O) groups excluding carboxylic acids is 1. The van der Waals surface area contributed by atoms with Crippen LogP contribution in [0.25, 0.3) is 0 Å². The van der Waals surface area contributed by atoms with Gasteiger partial charge >= 0.3 is 0 Å². The van der Waals surface area contributed by atoms with Crippen molar-refractivity contribution in [2.45, 2.75) is 56.8 Å². The molecule has 1 heterocycles. The van der Waals surface area contributed by atoms with Crippen LogP contribution >= 0.6 is 0 Å². The zero-order valence-corrected chi connectivity index (χ0v) is 13.2. The number of nitrogens with two attached hydrogens (primary N) is 1. The average molecular weight is 310 g/mol. The molecule has 1 aromatic rings. The predicted octanol–water partition coefficient (Wildman–Crippen LogP) is 2.60. The van der Waals surface area contributed by atoms with Crippen molar-refractivity contribution in [2.75, 3.05) is 0 Å². The number of terminal acetylenes is 1. The summed E-state index contributed by atoms with van der Waals surface area (Å²) in [6.45, 7) is 0.553. The molecule has 1 aliphatic carbocycles. The number of hydrogen-bond acceptors (Lipinski definition) is 4. The molecule has 1 unspecified atom stereocenters. The molecule has 0 saturated heterocycles. The number of aryl methyl sites for hydroxylation is 1. The van der Waals surface area contributed by atoms with Crippen molar-refractivity contribution in [1.82, 2.24) is 5.32 Å². The molecule has 0 bridgehead atoms. The van der Waals surface area contributed by atoms with E-state index in [1.807, 2.05) is 6.07 Å². The number of hydrogen-bond donors (Lipinski definition) is 2. The minimum atomic E-state index is -0.382. The van der Waals surface area contributed by atoms with E-state index in [-0.39, 0.29) is 17.6 Å². The Morgan fingerprint density at radius 2 is 2.26 bits per heavy atom. The first-order valence-electron chi connectivity index (χ1n) is 8.14. The summed E-state index contributed by atoms with van der Waals surface area (Å²) in [5.41, 5.74) is 8.96. The van der Waals surface area contributed by atoms with Crippen LogP contribution in [-0.2, 0) is 17.8 Å². The van der Waals surface area contributed by atoms with Gasteiger partial charge in [0.1, 0.15) is 0 Å². The van der Waals surface area contributed by atoms with E-state index in [1.54, 1.807) is 0 Å². The fraction of sp³-hybridized carbons (Fsp3) is 0.500. The fourth-order valence-corrected chi connectivity index (χ4v) is 3.20. The number of amides is 1. The number of rotatable bonds is 7. The predicted molar refractivity (Wildman–Crippen MR) is 88.4 cm³/mol. The number of carbonyl (C=O) groups is 1. The lowest BCUT2D eigenvalue weighted by Gasteiger charge is -2.15. The molecule has 5 heteroatoms. The van der Waals surface area contributed by atoms with Crippen molar-refractivity contribution in [3.05, 3.63) is 34.9 Å². The SMILES string of the molecule is C#CCCC1(CCC(=O)NC2CCc3cc(CN)ccc32)N=N1. The minimum absolute atomic E-state index is 0.0585. The van der Waals surface area contributed by atoms with E-state index >= 15 is 0 Å². The van der Waals surface area contributed by atoms with Crippen LogP contribution in [0.4, 0.5) is 0 Å². The smallest absolute Gasteiger partial charge is 0.220 e. The van der Waals surface area contributed by atoms with Crippen molar-refractivity contribution in [1.29, 1.82) is 0 Å². The fourth-order valence-electron chi connectivity index (χ4n) is 3.20. The molecule has 0 saturated carbocycles. The van der Waals surface area contributed by atoms with Crippen molar-refractivity contribution in [2.24, 2.45) is 16.0 Å². The molecule has 5 nitrogen and oxygen atoms in total. The molecule has 1 aromatic carbocycles. The molecule has 0 spiro atoms. The lowest BCUT2D eigenvalue weighted by Crippen LogP contribution is -2.28. The van der Waals surface area contributed by atoms with E-state index in [9.17, 15) is 4.79 Å². The zero-order valence-electron chi connectivity index (χ0n) is 13.2. The molecule has 3 rings (SSSR count). The Bertz CT molecular complexity index is 668. The zero-order chi connectivity index (χ0) is 16.3. The van der Waals surface area contributed by atoms with Crippen LogP contribution in [0.5, 0.6) is 0 Å². The molecule has 0 fully saturated rings. The van der Waals surface area contributed by atoms with Crippen LogP contribution in [0.2, 0.25) is 0 Å². The highest BCUT2D eigenvalue weighted by molar-refractivity contribution is 5.76. The summed E-state index contributed by atoms with van der Waals surface area (Å²) in [5.74, 6) is 2.66. The molecule has 23 heavy (non-hydrogen) atoms. The van der Waals surface area contributed by atoms with Gasteiger partial charge in [-0.3, -0.25) is 4.79 Å². The Labute approximate surface area is 136 Å². The lowest BCUT2D eigenvalue weighted by atomic mass is 10.0. The Balaban J connectivity index is 1.51. The monoisotopic (exact) mass is 310 g/mol. The highest BCUT2D eigenvalue weighted by Crippen LogP contribution is 2.38. The molecular formula is C18H22N4O. The molecule has 1 atom stereocenters. The summed E-state index contributed by atoms with van der Waals surface area (Å²) in [6, 6.07) is 6.40. The maximum atomic E-state index is 12.2. The van der Waals surface area contributed by atoms with Gasteiger partial charge in [0.2, 0.25) is 5.91 Å². The molecule has 120 valence electrons. The number of nitrogens with zero attached hydrogens (tertiary/aromatic N) is 2. The van der Waals surface area contributed by atoms with Crippen LogP contribution in [0.3, 0.4) is 0 Å². The Kier molecular flexibility index (Phi) is 4.44. The highest BCUT2D eigenvalue weighted by atomic mass is 16.1. The first-order valence-corrected chi connectivity index (χ1v) is 8.14. The number of fused-ring (bicyclic) bond motifs is 1. The number of benzene rings is 1. The molecular weight excluding hydrogens is 288 g/mol. The summed E-state index contributed by atoms with van der Waals surface area (Å²) in [6.07, 6.45) is 9.68. The first-order chi connectivity index (χ1) is 11.2. The molecule has 3 N–H and O–H groups in total. The van der Waals surface area contributed by atoms with E-state index in [0.29, 0.717) is 25.8 Å². The molecule has 0 aromatic heterocycles. The third-order valence-corrected chi connectivity index (χ3v) is 4.66. The van der Waals surface area contributed by atoms with Gasteiger partial charge in [-0.2, -0.15) is 10.2 Å². The van der Waals surface area contributed by atoms with Crippen molar-refractivity contribution < 1.29 is 4.79 Å². The normalized spacial score (nSPS) is 19.9. The van der Waals surface area contributed by atoms with Crippen LogP contribution in [0, 0.1) is 12.3 Å². The van der Waals surface area contributed by atoms with Gasteiger partial charge in [0, 0.05) is 32.2 Å². The van der Waals surface area contributed by atoms with E-state index in [0.717, 1.165) is 24.8 Å². The summed E-state index contributed by atoms with van der Waals surface area (Å²) in [5, 5.41) is 11.3. The quantitative estimate of drug-likeness (QED) is 0.759. The van der Waals surface area contributed by atoms with Gasteiger partial charge in [0.15, 0.2) is 5.66 Å². The van der Waals surface area contributed by atoms with Gasteiger partial charge in [0.05, 0.1) is 6.04 Å². The van der Waals surface area contributed by atoms with Gasteiger partial charge < -0.3 is 11.1 Å². The van der Waals surface area contributed by atoms with Crippen molar-refractivity contribution in [3.63, 3.8) is 0 Å². The van der Waals surface area contributed by atoms with Crippen LogP contribution in [-0.4, -0.2) is 11.6 Å². The molecule has 1 amide bonds. The van der Waals surface area contributed by atoms with E-state index in [4.69, 9.17) is 12.2 Å². The molecule has 0 radical (unpaired) electrons. The second-order valence-corrected chi connectivity index (χ2v) is 6.28. The Hall–Kier alpha value is -2.19. The third-order valence-electron chi connectivity index (χ3n) is 4.66. The lowest BCUT2D eigenvalue weighted by molar-refractivity contribution is -0.122. The average Bonchev–Trinajstić information content (AvgIpc) is 3.25. The van der Waals surface area contributed by atoms with Gasteiger partial charge in [-0.15, -0.1) is 12.3 Å². The standard InChI is InChI=1S/C18H22N4O/c1-2-3-9-18(21-22-18)10-8-17(23)20-16-7-5-14-11-13(12-19)4-6-15(14)16/h1,4,6,11,16H,3,5,7-10,12,19H2,(H,20,23). The largest absolute Gasteiger partial charge is 0.349 e. The minimum Gasteiger partial charge on any atom is -0.349 e. The summed E-state index contributed by atoms with van der Waals surface area (Å²) >= 11 is 0. The van der Waals surface area contributed by atoms with E-state index in [1.165, 1.54) is 11.1 Å². The molecule has 1 aliphatic heterocycles. The first kappa shape index (κ1) is 15.7. The third kappa shape index (κ3) is 3.59. The Morgan fingerprint density at radius 3 is 2.96 bits per heavy atom. The second kappa shape index (κ2) is 6.51. The summed E-state index contributed by atoms with van der Waals surface area (Å²) in [4.78, 5) is 12.2. The van der Waals surface area contributed by atoms with Crippen LogP contribution in [0.1, 0.15) is 54.8 Å². The van der Waals surface area contributed by atoms with Gasteiger partial charge in [0.25, 0.3) is 0 Å². The maximum absolute atomic E-state index is 12.2. The van der Waals surface area contributed by atoms with Crippen LogP contribution < -0.4 is 11.1 Å². The van der Waals surface area contributed by atoms with E-state index in [2.05, 4.69) is 33.6 Å². The van der Waals surface area contributed by atoms with Crippen molar-refractivity contribution in [3.8, 4) is 12.3 Å². The maximum Gasteiger partial charge on any atom is 0.220 e. The van der Waals surface area contributed by atoms with Crippen LogP contribution in [0.15, 0.2) is 28.4 Å². The molecule has 2 aliphatic rings. The van der Waals surface area contributed by atoms with E-state index < -0.39 is 0 Å². The van der Waals surface area contributed by atoms with Gasteiger partial charge in [-0.25, -0.2) is 0 Å². The van der Waals surface area contributed by atoms with Crippen molar-refractivity contribution >= 4 is 5.91 Å². The summed E-state index contributed by atoms with van der Waals surface area (Å²) < 4.78 is 0. The van der Waals surface area contributed by atoms with Gasteiger partial charge in [-0.05, 0) is 29.5 Å². The highest BCUT2D eigenvalue weighted by Gasteiger charge is 2.39. The second-order valence-electron chi connectivity index (χ2n) is 6.28. The Morgan fingerprint density at radius 1 is 1.43 bits per heavy atom. The number of nitrogens with one attached hydrogen (secondary N) is 1. The van der Waals surface area contributed by atoms with Gasteiger partial charge in [-0.1, -0.05) is 18.2 Å². The summed E-state index contributed by atoms with van der Waals surface area (Å²) in [7, 11) is 0. The topological polar surface area (TPSA) is 79.8 Å².